The molecule has 2 aromatic rings. The van der Waals surface area contributed by atoms with Crippen molar-refractivity contribution >= 4 is 23.1 Å². The van der Waals surface area contributed by atoms with Crippen LogP contribution in [-0.4, -0.2) is 96.9 Å². The molecule has 4 heterocycles. The Labute approximate surface area is 166 Å². The summed E-state index contributed by atoms with van der Waals surface area (Å²) in [4.78, 5) is 27.8. The van der Waals surface area contributed by atoms with Crippen molar-refractivity contribution in [3.05, 3.63) is 10.4 Å². The Hall–Kier alpha value is -2.25. The normalized spacial score (nSPS) is 28.7. The van der Waals surface area contributed by atoms with Gasteiger partial charge in [-0.05, 0) is 13.8 Å². The quantitative estimate of drug-likeness (QED) is 0.375. The highest BCUT2D eigenvalue weighted by atomic mass is 16.6. The van der Waals surface area contributed by atoms with Crippen molar-refractivity contribution in [3.8, 4) is 0 Å². The summed E-state index contributed by atoms with van der Waals surface area (Å²) >= 11 is 0. The molecule has 0 amide bonds. The minimum atomic E-state index is -1.33. The van der Waals surface area contributed by atoms with Gasteiger partial charge >= 0.3 is 0 Å². The van der Waals surface area contributed by atoms with Crippen molar-refractivity contribution in [2.75, 3.05) is 43.4 Å². The largest absolute Gasteiger partial charge is 0.394 e. The predicted octanol–water partition coefficient (Wildman–Crippen LogP) is -2.16. The Morgan fingerprint density at radius 1 is 1.21 bits per heavy atom. The van der Waals surface area contributed by atoms with Crippen LogP contribution in [0.15, 0.2) is 4.79 Å². The van der Waals surface area contributed by atoms with Gasteiger partial charge in [0.15, 0.2) is 17.4 Å². The molecule has 0 aromatic carbocycles. The summed E-state index contributed by atoms with van der Waals surface area (Å²) in [6.07, 6.45) is -4.65. The highest BCUT2D eigenvalue weighted by molar-refractivity contribution is 5.75. The van der Waals surface area contributed by atoms with Crippen LogP contribution in [0.1, 0.15) is 20.1 Å². The molecule has 12 heteroatoms. The van der Waals surface area contributed by atoms with E-state index in [1.165, 1.54) is 4.57 Å². The van der Waals surface area contributed by atoms with Crippen LogP contribution in [0.25, 0.3) is 11.2 Å². The molecule has 4 rings (SSSR count). The Balaban J connectivity index is 1.79. The number of nitrogens with one attached hydrogen (secondary N) is 1. The molecule has 160 valence electrons. The molecule has 2 aliphatic heterocycles. The summed E-state index contributed by atoms with van der Waals surface area (Å²) in [7, 11) is 0. The van der Waals surface area contributed by atoms with Gasteiger partial charge in [-0.15, -0.1) is 0 Å². The molecule has 29 heavy (non-hydrogen) atoms. The van der Waals surface area contributed by atoms with Crippen molar-refractivity contribution in [2.24, 2.45) is 0 Å². The van der Waals surface area contributed by atoms with Crippen molar-refractivity contribution < 1.29 is 20.1 Å². The third-order valence-electron chi connectivity index (χ3n) is 5.65. The number of hydrogen-bond acceptors (Lipinski definition) is 10. The number of aliphatic hydroxyl groups is 3. The molecule has 2 saturated heterocycles. The van der Waals surface area contributed by atoms with Crippen LogP contribution >= 0.6 is 0 Å². The minimum absolute atomic E-state index is 0.0678. The fraction of sp³-hybridized carbons (Fsp3) is 0.706. The van der Waals surface area contributed by atoms with Crippen LogP contribution in [0.2, 0.25) is 0 Å². The second kappa shape index (κ2) is 7.54. The van der Waals surface area contributed by atoms with Gasteiger partial charge in [0.2, 0.25) is 11.9 Å². The minimum Gasteiger partial charge on any atom is -0.394 e. The van der Waals surface area contributed by atoms with Crippen LogP contribution in [0.3, 0.4) is 0 Å². The summed E-state index contributed by atoms with van der Waals surface area (Å²) in [5, 5.41) is 30.2. The van der Waals surface area contributed by atoms with Gasteiger partial charge in [0.05, 0.1) is 6.61 Å². The Morgan fingerprint density at radius 3 is 2.48 bits per heavy atom. The van der Waals surface area contributed by atoms with Crippen molar-refractivity contribution in [1.29, 1.82) is 0 Å². The van der Waals surface area contributed by atoms with Gasteiger partial charge in [0.25, 0.3) is 5.56 Å². The Kier molecular flexibility index (Phi) is 5.21. The summed E-state index contributed by atoms with van der Waals surface area (Å²) in [5.74, 6) is 0.313. The molecule has 0 unspecified atom stereocenters. The maximum atomic E-state index is 12.4. The lowest BCUT2D eigenvalue weighted by atomic mass is 10.1. The summed E-state index contributed by atoms with van der Waals surface area (Å²) in [6, 6.07) is 0.417. The first-order valence-electron chi connectivity index (χ1n) is 9.71. The first-order valence-corrected chi connectivity index (χ1v) is 9.71. The number of imidazole rings is 1. The van der Waals surface area contributed by atoms with Crippen molar-refractivity contribution in [3.63, 3.8) is 0 Å². The zero-order valence-corrected chi connectivity index (χ0v) is 16.4. The highest BCUT2D eigenvalue weighted by Gasteiger charge is 2.45. The van der Waals surface area contributed by atoms with E-state index in [2.05, 4.69) is 33.7 Å². The average molecular weight is 409 g/mol. The number of nitrogens with zero attached hydrogens (tertiary/aromatic N) is 5. The zero-order valence-electron chi connectivity index (χ0n) is 16.4. The first-order chi connectivity index (χ1) is 13.8. The molecule has 12 nitrogen and oxygen atoms in total. The number of aromatic amines is 1. The van der Waals surface area contributed by atoms with Crippen LogP contribution in [-0.2, 0) is 4.74 Å². The molecule has 2 fully saturated rings. The molecule has 0 spiro atoms. The van der Waals surface area contributed by atoms with E-state index < -0.39 is 36.7 Å². The maximum absolute atomic E-state index is 12.4. The molecule has 2 aliphatic rings. The van der Waals surface area contributed by atoms with E-state index in [1.54, 1.807) is 0 Å². The molecule has 0 saturated carbocycles. The summed E-state index contributed by atoms with van der Waals surface area (Å²) in [6.45, 7) is 6.74. The van der Waals surface area contributed by atoms with E-state index in [0.29, 0.717) is 25.1 Å². The van der Waals surface area contributed by atoms with Gasteiger partial charge < -0.3 is 30.7 Å². The molecule has 0 bridgehead atoms. The second-order valence-electron chi connectivity index (χ2n) is 7.75. The number of aromatic nitrogens is 4. The third-order valence-corrected chi connectivity index (χ3v) is 5.65. The number of ether oxygens (including phenoxy) is 1. The zero-order chi connectivity index (χ0) is 20.9. The number of nitrogen functional groups attached to an aromatic ring is 1. The molecular weight excluding hydrogens is 382 g/mol. The number of piperazine rings is 1. The molecule has 6 N–H and O–H groups in total. The molecule has 2 aromatic heterocycles. The molecule has 4 atom stereocenters. The molecular formula is C17H27N7O5. The van der Waals surface area contributed by atoms with E-state index in [1.807, 2.05) is 4.90 Å². The number of fused-ring (bicyclic) bond motifs is 1. The van der Waals surface area contributed by atoms with Crippen LogP contribution < -0.4 is 16.2 Å². The second-order valence-corrected chi connectivity index (χ2v) is 7.75. The van der Waals surface area contributed by atoms with Gasteiger partial charge in [-0.3, -0.25) is 19.2 Å². The topological polar surface area (TPSA) is 166 Å². The van der Waals surface area contributed by atoms with E-state index in [4.69, 9.17) is 10.5 Å². The molecule has 0 aliphatic carbocycles. The third kappa shape index (κ3) is 3.36. The number of rotatable bonds is 4. The lowest BCUT2D eigenvalue weighted by Gasteiger charge is -2.38. The average Bonchev–Trinajstić information content (AvgIpc) is 3.20. The molecule has 0 radical (unpaired) electrons. The number of anilines is 2. The van der Waals surface area contributed by atoms with Gasteiger partial charge in [0, 0.05) is 32.2 Å². The van der Waals surface area contributed by atoms with E-state index in [0.717, 1.165) is 13.1 Å². The first kappa shape index (κ1) is 20.0. The summed E-state index contributed by atoms with van der Waals surface area (Å²) < 4.78 is 7.20. The van der Waals surface area contributed by atoms with Crippen molar-refractivity contribution in [1.82, 2.24) is 24.4 Å². The Morgan fingerprint density at radius 2 is 1.90 bits per heavy atom. The smallest absolute Gasteiger partial charge is 0.280 e. The number of hydrogen-bond donors (Lipinski definition) is 5. The van der Waals surface area contributed by atoms with Gasteiger partial charge in [-0.25, -0.2) is 4.98 Å². The van der Waals surface area contributed by atoms with Gasteiger partial charge in [-0.2, -0.15) is 4.98 Å². The lowest BCUT2D eigenvalue weighted by Crippen LogP contribution is -2.49. The fourth-order valence-corrected chi connectivity index (χ4v) is 3.98. The monoisotopic (exact) mass is 409 g/mol. The Bertz CT molecular complexity index is 936. The SMILES string of the molecule is CC(C)N1CCN(c2nc3c(=O)[nH]c(N)nc3n2[C@@H]2O[C@@H](CO)[C@@H](O)[C@H]2O)CC1. The predicted molar refractivity (Wildman–Crippen MR) is 104 cm³/mol. The van der Waals surface area contributed by atoms with E-state index in [-0.39, 0.29) is 17.1 Å². The number of aliphatic hydroxyl groups excluding tert-OH is 3. The fourth-order valence-electron chi connectivity index (χ4n) is 3.98. The van der Waals surface area contributed by atoms with Crippen LogP contribution in [0.5, 0.6) is 0 Å². The van der Waals surface area contributed by atoms with Gasteiger partial charge in [0.1, 0.15) is 18.3 Å². The van der Waals surface area contributed by atoms with Crippen molar-refractivity contribution in [2.45, 2.75) is 44.4 Å². The highest BCUT2D eigenvalue weighted by Crippen LogP contribution is 2.35. The van der Waals surface area contributed by atoms with Crippen LogP contribution in [0.4, 0.5) is 11.9 Å². The van der Waals surface area contributed by atoms with Gasteiger partial charge in [-0.1, -0.05) is 0 Å². The summed E-state index contributed by atoms with van der Waals surface area (Å²) in [5.41, 5.74) is 5.45. The maximum Gasteiger partial charge on any atom is 0.280 e. The standard InChI is InChI=1S/C17H27N7O5/c1-8(2)22-3-5-23(6-4-22)17-19-10-13(20-16(18)21-14(10)28)24(17)15-12(27)11(26)9(7-25)29-15/h8-9,11-12,15,25-27H,3-7H2,1-2H3,(H3,18,20,21,28)/t9-,11+,12+,15+/m0/s1. The lowest BCUT2D eigenvalue weighted by molar-refractivity contribution is -0.0505. The van der Waals surface area contributed by atoms with Crippen LogP contribution in [0, 0.1) is 0 Å². The number of H-pyrrole nitrogens is 1. The number of nitrogens with two attached hydrogens (primary N) is 1. The van der Waals surface area contributed by atoms with E-state index in [9.17, 15) is 20.1 Å². The van der Waals surface area contributed by atoms with E-state index >= 15 is 0 Å².